The predicted molar refractivity (Wildman–Crippen MR) is 124 cm³/mol. The molecule has 0 radical (unpaired) electrons. The molecule has 168 valence electrons. The zero-order valence-corrected chi connectivity index (χ0v) is 18.4. The van der Waals surface area contributed by atoms with Crippen LogP contribution in [0.15, 0.2) is 54.7 Å². The number of fused-ring (bicyclic) bond motifs is 1. The van der Waals surface area contributed by atoms with Gasteiger partial charge in [-0.25, -0.2) is 9.37 Å². The molecular weight excluding hydrogens is 421 g/mol. The second kappa shape index (κ2) is 8.63. The fraction of sp³-hybridized carbons (Fsp3) is 0.240. The number of anilines is 2. The zero-order chi connectivity index (χ0) is 22.9. The minimum Gasteiger partial charge on any atom is -0.368 e. The maximum atomic E-state index is 13.7. The summed E-state index contributed by atoms with van der Waals surface area (Å²) in [5.74, 6) is 0.286. The van der Waals surface area contributed by atoms with E-state index in [0.29, 0.717) is 30.8 Å². The molecule has 1 saturated heterocycles. The van der Waals surface area contributed by atoms with Crippen LogP contribution in [-0.4, -0.2) is 45.5 Å². The van der Waals surface area contributed by atoms with Gasteiger partial charge in [-0.2, -0.15) is 0 Å². The number of carbonyl (C=O) groups excluding carboxylic acids is 1. The van der Waals surface area contributed by atoms with Crippen molar-refractivity contribution in [3.8, 4) is 0 Å². The van der Waals surface area contributed by atoms with Crippen molar-refractivity contribution in [1.82, 2.24) is 19.9 Å². The van der Waals surface area contributed by atoms with Gasteiger partial charge >= 0.3 is 0 Å². The largest absolute Gasteiger partial charge is 0.368 e. The monoisotopic (exact) mass is 445 g/mol. The number of aromatic nitrogens is 3. The SMILES string of the molecule is Cc1cc(Nc2ccccn2)cc([C@H]2CN(C(=O)c3[nH]c4ccc(F)cc4c3C)CCO2)n1. The van der Waals surface area contributed by atoms with Crippen molar-refractivity contribution in [2.45, 2.75) is 20.0 Å². The van der Waals surface area contributed by atoms with Gasteiger partial charge in [-0.15, -0.1) is 0 Å². The Morgan fingerprint density at radius 2 is 2.09 bits per heavy atom. The van der Waals surface area contributed by atoms with Crippen molar-refractivity contribution in [1.29, 1.82) is 0 Å². The smallest absolute Gasteiger partial charge is 0.270 e. The summed E-state index contributed by atoms with van der Waals surface area (Å²) >= 11 is 0. The number of aromatic amines is 1. The number of benzene rings is 1. The van der Waals surface area contributed by atoms with Crippen LogP contribution in [-0.2, 0) is 4.74 Å². The van der Waals surface area contributed by atoms with Crippen LogP contribution in [0, 0.1) is 19.7 Å². The molecule has 1 aliphatic rings. The number of pyridine rings is 2. The number of halogens is 1. The molecule has 1 atom stereocenters. The van der Waals surface area contributed by atoms with Crippen LogP contribution in [0.5, 0.6) is 0 Å². The molecule has 4 aromatic rings. The number of morpholine rings is 1. The van der Waals surface area contributed by atoms with Gasteiger partial charge in [-0.3, -0.25) is 9.78 Å². The topological polar surface area (TPSA) is 83.1 Å². The first-order valence-corrected chi connectivity index (χ1v) is 10.8. The third-order valence-electron chi connectivity index (χ3n) is 5.83. The average molecular weight is 445 g/mol. The average Bonchev–Trinajstić information content (AvgIpc) is 3.14. The van der Waals surface area contributed by atoms with E-state index < -0.39 is 0 Å². The molecule has 3 aromatic heterocycles. The summed E-state index contributed by atoms with van der Waals surface area (Å²) in [4.78, 5) is 27.2. The van der Waals surface area contributed by atoms with Crippen LogP contribution >= 0.6 is 0 Å². The van der Waals surface area contributed by atoms with E-state index in [-0.39, 0.29) is 17.8 Å². The molecule has 4 heterocycles. The standard InChI is InChI=1S/C25H24FN5O2/c1-15-11-18(29-23-5-3-4-8-27-23)13-21(28-15)22-14-31(9-10-33-22)25(32)24-16(2)19-12-17(26)6-7-20(19)30-24/h3-8,11-13,22,30H,9-10,14H2,1-2H3,(H,27,28,29)/t22-/m1/s1. The molecule has 1 aromatic carbocycles. The molecule has 1 amide bonds. The Morgan fingerprint density at radius 3 is 2.91 bits per heavy atom. The van der Waals surface area contributed by atoms with Crippen molar-refractivity contribution >= 4 is 28.3 Å². The summed E-state index contributed by atoms with van der Waals surface area (Å²) < 4.78 is 19.7. The van der Waals surface area contributed by atoms with Gasteiger partial charge in [0.2, 0.25) is 0 Å². The van der Waals surface area contributed by atoms with Gasteiger partial charge in [0, 0.05) is 35.0 Å². The van der Waals surface area contributed by atoms with Crippen molar-refractivity contribution in [2.75, 3.05) is 25.0 Å². The van der Waals surface area contributed by atoms with Crippen LogP contribution in [0.1, 0.15) is 33.5 Å². The molecule has 0 aliphatic carbocycles. The Balaban J connectivity index is 1.38. The first-order chi connectivity index (χ1) is 16.0. The molecule has 0 saturated carbocycles. The highest BCUT2D eigenvalue weighted by Crippen LogP contribution is 2.28. The number of rotatable bonds is 4. The summed E-state index contributed by atoms with van der Waals surface area (Å²) in [6, 6.07) is 14.0. The highest BCUT2D eigenvalue weighted by atomic mass is 19.1. The second-order valence-corrected chi connectivity index (χ2v) is 8.19. The van der Waals surface area contributed by atoms with Crippen LogP contribution in [0.2, 0.25) is 0 Å². The van der Waals surface area contributed by atoms with Crippen LogP contribution < -0.4 is 5.32 Å². The molecule has 0 spiro atoms. The minimum absolute atomic E-state index is 0.128. The van der Waals surface area contributed by atoms with Crippen molar-refractivity contribution in [3.63, 3.8) is 0 Å². The normalized spacial score (nSPS) is 16.2. The molecular formula is C25H24FN5O2. The van der Waals surface area contributed by atoms with Gasteiger partial charge in [0.25, 0.3) is 5.91 Å². The summed E-state index contributed by atoms with van der Waals surface area (Å²) in [5.41, 5.74) is 4.41. The van der Waals surface area contributed by atoms with E-state index in [2.05, 4.69) is 20.3 Å². The van der Waals surface area contributed by atoms with Crippen LogP contribution in [0.4, 0.5) is 15.9 Å². The first-order valence-electron chi connectivity index (χ1n) is 10.8. The number of nitrogens with one attached hydrogen (secondary N) is 2. The van der Waals surface area contributed by atoms with Crippen molar-refractivity contribution < 1.29 is 13.9 Å². The highest BCUT2D eigenvalue weighted by Gasteiger charge is 2.29. The lowest BCUT2D eigenvalue weighted by molar-refractivity contribution is -0.0249. The molecule has 0 bridgehead atoms. The molecule has 5 rings (SSSR count). The van der Waals surface area contributed by atoms with E-state index >= 15 is 0 Å². The number of ether oxygens (including phenoxy) is 1. The number of hydrogen-bond donors (Lipinski definition) is 2. The number of amides is 1. The minimum atomic E-state index is -0.353. The predicted octanol–water partition coefficient (Wildman–Crippen LogP) is 4.67. The maximum absolute atomic E-state index is 13.7. The van der Waals surface area contributed by atoms with Gasteiger partial charge in [0.15, 0.2) is 0 Å². The lowest BCUT2D eigenvalue weighted by Gasteiger charge is -2.33. The van der Waals surface area contributed by atoms with Crippen LogP contribution in [0.25, 0.3) is 10.9 Å². The molecule has 0 unspecified atom stereocenters. The van der Waals surface area contributed by atoms with E-state index in [9.17, 15) is 9.18 Å². The lowest BCUT2D eigenvalue weighted by atomic mass is 10.1. The summed E-state index contributed by atoms with van der Waals surface area (Å²) in [6.07, 6.45) is 1.37. The van der Waals surface area contributed by atoms with E-state index in [4.69, 9.17) is 4.74 Å². The van der Waals surface area contributed by atoms with Crippen LogP contribution in [0.3, 0.4) is 0 Å². The Bertz CT molecular complexity index is 1320. The van der Waals surface area contributed by atoms with Crippen molar-refractivity contribution in [2.24, 2.45) is 0 Å². The van der Waals surface area contributed by atoms with Gasteiger partial charge < -0.3 is 19.9 Å². The highest BCUT2D eigenvalue weighted by molar-refractivity contribution is 6.01. The second-order valence-electron chi connectivity index (χ2n) is 8.19. The number of nitrogens with zero attached hydrogens (tertiary/aromatic N) is 3. The number of H-pyrrole nitrogens is 1. The Morgan fingerprint density at radius 1 is 1.21 bits per heavy atom. The lowest BCUT2D eigenvalue weighted by Crippen LogP contribution is -2.42. The third-order valence-corrected chi connectivity index (χ3v) is 5.83. The summed E-state index contributed by atoms with van der Waals surface area (Å²) in [7, 11) is 0. The molecule has 2 N–H and O–H groups in total. The summed E-state index contributed by atoms with van der Waals surface area (Å²) in [5, 5.41) is 4.00. The maximum Gasteiger partial charge on any atom is 0.270 e. The Labute approximate surface area is 190 Å². The molecule has 1 fully saturated rings. The van der Waals surface area contributed by atoms with Crippen molar-refractivity contribution in [3.05, 3.63) is 83.2 Å². The number of hydrogen-bond acceptors (Lipinski definition) is 5. The quantitative estimate of drug-likeness (QED) is 0.477. The van der Waals surface area contributed by atoms with E-state index in [0.717, 1.165) is 34.0 Å². The van der Waals surface area contributed by atoms with E-state index in [1.165, 1.54) is 12.1 Å². The molecule has 33 heavy (non-hydrogen) atoms. The van der Waals surface area contributed by atoms with E-state index in [1.807, 2.05) is 44.2 Å². The van der Waals surface area contributed by atoms with Gasteiger partial charge in [-0.1, -0.05) is 6.07 Å². The van der Waals surface area contributed by atoms with Gasteiger partial charge in [0.1, 0.15) is 23.4 Å². The fourth-order valence-corrected chi connectivity index (χ4v) is 4.20. The first kappa shape index (κ1) is 21.1. The number of aryl methyl sites for hydroxylation is 2. The molecule has 7 nitrogen and oxygen atoms in total. The Hall–Kier alpha value is -3.78. The van der Waals surface area contributed by atoms with E-state index in [1.54, 1.807) is 17.2 Å². The molecule has 1 aliphatic heterocycles. The summed E-state index contributed by atoms with van der Waals surface area (Å²) in [6.45, 7) is 5.01. The number of carbonyl (C=O) groups is 1. The Kier molecular flexibility index (Phi) is 5.51. The zero-order valence-electron chi connectivity index (χ0n) is 18.4. The van der Waals surface area contributed by atoms with Gasteiger partial charge in [-0.05, 0) is 61.9 Å². The third kappa shape index (κ3) is 4.29. The molecule has 8 heteroatoms. The van der Waals surface area contributed by atoms with Gasteiger partial charge in [0.05, 0.1) is 18.8 Å². The fourth-order valence-electron chi connectivity index (χ4n) is 4.20.